The van der Waals surface area contributed by atoms with Crippen LogP contribution in [-0.2, 0) is 0 Å². The molecule has 0 aromatic rings. The Morgan fingerprint density at radius 2 is 2.29 bits per heavy atom. The SMILES string of the molecule is C/C(=C\C[C@@]1(C)CCCN1C)[C@H](C)O. The Morgan fingerprint density at radius 3 is 2.71 bits per heavy atom. The maximum atomic E-state index is 9.36. The van der Waals surface area contributed by atoms with Crippen LogP contribution in [0.1, 0.15) is 40.0 Å². The summed E-state index contributed by atoms with van der Waals surface area (Å²) in [6.45, 7) is 7.35. The number of aliphatic hydroxyl groups excluding tert-OH is 1. The fourth-order valence-electron chi connectivity index (χ4n) is 1.97. The normalized spacial score (nSPS) is 32.2. The Labute approximate surface area is 87.6 Å². The molecule has 2 atom stereocenters. The third-order valence-electron chi connectivity index (χ3n) is 3.65. The quantitative estimate of drug-likeness (QED) is 0.701. The van der Waals surface area contributed by atoms with Crippen molar-refractivity contribution >= 4 is 0 Å². The molecule has 1 rings (SSSR count). The smallest absolute Gasteiger partial charge is 0.0719 e. The monoisotopic (exact) mass is 197 g/mol. The van der Waals surface area contributed by atoms with Gasteiger partial charge < -0.3 is 10.0 Å². The average Bonchev–Trinajstić information content (AvgIpc) is 2.44. The zero-order valence-electron chi connectivity index (χ0n) is 9.88. The number of hydrogen-bond acceptors (Lipinski definition) is 2. The lowest BCUT2D eigenvalue weighted by Gasteiger charge is -2.31. The van der Waals surface area contributed by atoms with E-state index in [9.17, 15) is 5.11 Å². The summed E-state index contributed by atoms with van der Waals surface area (Å²) in [7, 11) is 2.19. The molecular formula is C12H23NO. The van der Waals surface area contributed by atoms with Gasteiger partial charge in [0.2, 0.25) is 0 Å². The molecule has 14 heavy (non-hydrogen) atoms. The molecule has 2 nitrogen and oxygen atoms in total. The number of rotatable bonds is 3. The second-order valence-corrected chi connectivity index (χ2v) is 4.85. The average molecular weight is 197 g/mol. The van der Waals surface area contributed by atoms with Crippen LogP contribution in [0.5, 0.6) is 0 Å². The van der Waals surface area contributed by atoms with Gasteiger partial charge in [-0.15, -0.1) is 0 Å². The van der Waals surface area contributed by atoms with E-state index in [-0.39, 0.29) is 6.10 Å². The minimum atomic E-state index is -0.301. The van der Waals surface area contributed by atoms with E-state index in [1.165, 1.54) is 19.4 Å². The van der Waals surface area contributed by atoms with Crippen molar-refractivity contribution in [3.05, 3.63) is 11.6 Å². The molecule has 82 valence electrons. The van der Waals surface area contributed by atoms with E-state index < -0.39 is 0 Å². The van der Waals surface area contributed by atoms with Crippen LogP contribution < -0.4 is 0 Å². The highest BCUT2D eigenvalue weighted by Gasteiger charge is 2.32. The summed E-state index contributed by atoms with van der Waals surface area (Å²) in [6.07, 6.45) is 5.51. The number of likely N-dealkylation sites (tertiary alicyclic amines) is 1. The molecule has 1 fully saturated rings. The summed E-state index contributed by atoms with van der Waals surface area (Å²) < 4.78 is 0. The summed E-state index contributed by atoms with van der Waals surface area (Å²) in [5, 5.41) is 9.36. The largest absolute Gasteiger partial charge is 0.389 e. The zero-order valence-corrected chi connectivity index (χ0v) is 9.88. The molecule has 0 unspecified atom stereocenters. The second-order valence-electron chi connectivity index (χ2n) is 4.85. The van der Waals surface area contributed by atoms with Gasteiger partial charge >= 0.3 is 0 Å². The third kappa shape index (κ3) is 2.58. The Kier molecular flexibility index (Phi) is 3.73. The van der Waals surface area contributed by atoms with Crippen LogP contribution in [0.4, 0.5) is 0 Å². The zero-order chi connectivity index (χ0) is 10.8. The molecule has 0 aromatic carbocycles. The summed E-state index contributed by atoms with van der Waals surface area (Å²) >= 11 is 0. The molecule has 2 heteroatoms. The number of nitrogens with zero attached hydrogens (tertiary/aromatic N) is 1. The highest BCUT2D eigenvalue weighted by atomic mass is 16.3. The first-order chi connectivity index (χ1) is 6.46. The molecule has 1 N–H and O–H groups in total. The second kappa shape index (κ2) is 4.45. The van der Waals surface area contributed by atoms with Crippen LogP contribution in [0.15, 0.2) is 11.6 Å². The van der Waals surface area contributed by atoms with Crippen molar-refractivity contribution in [3.63, 3.8) is 0 Å². The van der Waals surface area contributed by atoms with Crippen LogP contribution in [0.25, 0.3) is 0 Å². The van der Waals surface area contributed by atoms with E-state index in [4.69, 9.17) is 0 Å². The topological polar surface area (TPSA) is 23.5 Å². The summed E-state index contributed by atoms with van der Waals surface area (Å²) in [4.78, 5) is 2.43. The molecule has 1 aliphatic rings. The van der Waals surface area contributed by atoms with Gasteiger partial charge in [0, 0.05) is 5.54 Å². The molecule has 0 amide bonds. The van der Waals surface area contributed by atoms with Crippen molar-refractivity contribution in [1.29, 1.82) is 0 Å². The lowest BCUT2D eigenvalue weighted by atomic mass is 9.93. The van der Waals surface area contributed by atoms with E-state index in [2.05, 4.69) is 24.9 Å². The van der Waals surface area contributed by atoms with Crippen molar-refractivity contribution in [3.8, 4) is 0 Å². The van der Waals surface area contributed by atoms with Crippen molar-refractivity contribution in [2.45, 2.75) is 51.7 Å². The van der Waals surface area contributed by atoms with Gasteiger partial charge in [-0.05, 0) is 59.2 Å². The molecular weight excluding hydrogens is 174 g/mol. The standard InChI is InChI=1S/C12H23NO/c1-10(11(2)14)6-8-12(3)7-5-9-13(12)4/h6,11,14H,5,7-9H2,1-4H3/b10-6+/t11-,12+/m0/s1. The van der Waals surface area contributed by atoms with Crippen LogP contribution in [-0.4, -0.2) is 35.2 Å². The predicted molar refractivity (Wildman–Crippen MR) is 60.3 cm³/mol. The van der Waals surface area contributed by atoms with Gasteiger partial charge in [0.1, 0.15) is 0 Å². The number of hydrogen-bond donors (Lipinski definition) is 1. The van der Waals surface area contributed by atoms with Crippen LogP contribution in [0.2, 0.25) is 0 Å². The first-order valence-corrected chi connectivity index (χ1v) is 5.52. The van der Waals surface area contributed by atoms with Crippen LogP contribution in [0.3, 0.4) is 0 Å². The minimum absolute atomic E-state index is 0.301. The van der Waals surface area contributed by atoms with Crippen molar-refractivity contribution in [2.75, 3.05) is 13.6 Å². The Balaban J connectivity index is 2.55. The molecule has 1 aliphatic heterocycles. The third-order valence-corrected chi connectivity index (χ3v) is 3.65. The minimum Gasteiger partial charge on any atom is -0.389 e. The Hall–Kier alpha value is -0.340. The molecule has 0 bridgehead atoms. The van der Waals surface area contributed by atoms with Gasteiger partial charge in [-0.2, -0.15) is 0 Å². The summed E-state index contributed by atoms with van der Waals surface area (Å²) in [5.74, 6) is 0. The summed E-state index contributed by atoms with van der Waals surface area (Å²) in [5.41, 5.74) is 1.41. The van der Waals surface area contributed by atoms with E-state index in [0.29, 0.717) is 5.54 Å². The van der Waals surface area contributed by atoms with Gasteiger partial charge in [0.05, 0.1) is 6.10 Å². The van der Waals surface area contributed by atoms with Gasteiger partial charge in [-0.25, -0.2) is 0 Å². The maximum Gasteiger partial charge on any atom is 0.0719 e. The van der Waals surface area contributed by atoms with Crippen LogP contribution >= 0.6 is 0 Å². The first-order valence-electron chi connectivity index (χ1n) is 5.52. The highest BCUT2D eigenvalue weighted by molar-refractivity contribution is 5.07. The Bertz CT molecular complexity index is 222. The van der Waals surface area contributed by atoms with Gasteiger partial charge in [0.15, 0.2) is 0 Å². The lowest BCUT2D eigenvalue weighted by Crippen LogP contribution is -2.37. The van der Waals surface area contributed by atoms with Crippen molar-refractivity contribution in [1.82, 2.24) is 4.90 Å². The van der Waals surface area contributed by atoms with E-state index in [1.807, 2.05) is 13.8 Å². The van der Waals surface area contributed by atoms with E-state index >= 15 is 0 Å². The molecule has 0 saturated carbocycles. The molecule has 0 radical (unpaired) electrons. The highest BCUT2D eigenvalue weighted by Crippen LogP contribution is 2.31. The van der Waals surface area contributed by atoms with Gasteiger partial charge in [0.25, 0.3) is 0 Å². The van der Waals surface area contributed by atoms with Crippen LogP contribution in [0, 0.1) is 0 Å². The molecule has 0 spiro atoms. The van der Waals surface area contributed by atoms with Crippen molar-refractivity contribution < 1.29 is 5.11 Å². The van der Waals surface area contributed by atoms with E-state index in [1.54, 1.807) is 0 Å². The fraction of sp³-hybridized carbons (Fsp3) is 0.833. The molecule has 1 saturated heterocycles. The molecule has 0 aromatic heterocycles. The van der Waals surface area contributed by atoms with E-state index in [0.717, 1.165) is 12.0 Å². The Morgan fingerprint density at radius 1 is 1.64 bits per heavy atom. The maximum absolute atomic E-state index is 9.36. The summed E-state index contributed by atoms with van der Waals surface area (Å²) in [6, 6.07) is 0. The van der Waals surface area contributed by atoms with Gasteiger partial charge in [-0.3, -0.25) is 0 Å². The molecule has 0 aliphatic carbocycles. The van der Waals surface area contributed by atoms with Gasteiger partial charge in [-0.1, -0.05) is 6.08 Å². The lowest BCUT2D eigenvalue weighted by molar-refractivity contribution is 0.195. The fourth-order valence-corrected chi connectivity index (χ4v) is 1.97. The number of aliphatic hydroxyl groups is 1. The first kappa shape index (κ1) is 11.7. The predicted octanol–water partition coefficient (Wildman–Crippen LogP) is 2.19. The van der Waals surface area contributed by atoms with Crippen molar-refractivity contribution in [2.24, 2.45) is 0 Å². The molecule has 1 heterocycles.